The highest BCUT2D eigenvalue weighted by Crippen LogP contribution is 2.20. The van der Waals surface area contributed by atoms with Crippen LogP contribution in [0, 0.1) is 6.92 Å². The van der Waals surface area contributed by atoms with Gasteiger partial charge in [-0.2, -0.15) is 0 Å². The van der Waals surface area contributed by atoms with Crippen LogP contribution in [0.3, 0.4) is 0 Å². The minimum Gasteiger partial charge on any atom is -0.321 e. The molecule has 1 aromatic heterocycles. The summed E-state index contributed by atoms with van der Waals surface area (Å²) in [5, 5.41) is 2.88. The van der Waals surface area contributed by atoms with Gasteiger partial charge in [0.25, 0.3) is 5.91 Å². The maximum atomic E-state index is 11.9. The summed E-state index contributed by atoms with van der Waals surface area (Å²) in [6, 6.07) is 7.78. The van der Waals surface area contributed by atoms with Crippen molar-refractivity contribution in [2.75, 3.05) is 11.6 Å². The molecular formula is C12H12N2OS2. The second-order valence-corrected chi connectivity index (χ2v) is 5.19. The molecule has 0 bridgehead atoms. The minimum absolute atomic E-state index is 0.0942. The largest absolute Gasteiger partial charge is 0.321 e. The van der Waals surface area contributed by atoms with Gasteiger partial charge in [-0.05, 0) is 31.4 Å². The summed E-state index contributed by atoms with van der Waals surface area (Å²) in [6.07, 6.45) is 2.01. The van der Waals surface area contributed by atoms with E-state index in [2.05, 4.69) is 10.3 Å². The van der Waals surface area contributed by atoms with E-state index in [1.807, 2.05) is 37.4 Å². The Labute approximate surface area is 108 Å². The van der Waals surface area contributed by atoms with Crippen molar-refractivity contribution in [2.45, 2.75) is 11.8 Å². The number of nitrogens with zero attached hydrogens (tertiary/aromatic N) is 1. The number of hydrogen-bond donors (Lipinski definition) is 1. The number of anilines is 1. The van der Waals surface area contributed by atoms with Gasteiger partial charge < -0.3 is 5.32 Å². The Morgan fingerprint density at radius 2 is 2.29 bits per heavy atom. The molecule has 17 heavy (non-hydrogen) atoms. The number of nitrogens with one attached hydrogen (secondary N) is 1. The lowest BCUT2D eigenvalue weighted by atomic mass is 10.3. The van der Waals surface area contributed by atoms with E-state index in [0.717, 1.165) is 16.3 Å². The molecule has 1 N–H and O–H groups in total. The zero-order valence-corrected chi connectivity index (χ0v) is 11.2. The Morgan fingerprint density at radius 3 is 2.94 bits per heavy atom. The zero-order valence-electron chi connectivity index (χ0n) is 9.56. The lowest BCUT2D eigenvalue weighted by Gasteiger charge is -2.05. The quantitative estimate of drug-likeness (QED) is 0.864. The molecule has 0 aliphatic carbocycles. The van der Waals surface area contributed by atoms with Gasteiger partial charge in [0.15, 0.2) is 0 Å². The first-order valence-corrected chi connectivity index (χ1v) is 7.16. The predicted molar refractivity (Wildman–Crippen MR) is 73.0 cm³/mol. The smallest absolute Gasteiger partial charge is 0.267 e. The van der Waals surface area contributed by atoms with Gasteiger partial charge in [0.05, 0.1) is 11.2 Å². The SMILES string of the molecule is CSc1cccc(NC(=O)c2scnc2C)c1. The molecule has 1 aromatic carbocycles. The van der Waals surface area contributed by atoms with Crippen LogP contribution in [-0.2, 0) is 0 Å². The number of aryl methyl sites for hydroxylation is 1. The maximum absolute atomic E-state index is 11.9. The number of rotatable bonds is 3. The number of hydrogen-bond acceptors (Lipinski definition) is 4. The van der Waals surface area contributed by atoms with Crippen LogP contribution in [0.15, 0.2) is 34.7 Å². The number of benzene rings is 1. The second-order valence-electron chi connectivity index (χ2n) is 3.45. The minimum atomic E-state index is -0.0942. The molecule has 0 aliphatic rings. The third kappa shape index (κ3) is 2.87. The van der Waals surface area contributed by atoms with Crippen molar-refractivity contribution >= 4 is 34.7 Å². The van der Waals surface area contributed by atoms with Crippen LogP contribution in [0.25, 0.3) is 0 Å². The Morgan fingerprint density at radius 1 is 1.47 bits per heavy atom. The van der Waals surface area contributed by atoms with E-state index >= 15 is 0 Å². The Bertz CT molecular complexity index is 537. The van der Waals surface area contributed by atoms with Gasteiger partial charge in [-0.3, -0.25) is 4.79 Å². The zero-order chi connectivity index (χ0) is 12.3. The first kappa shape index (κ1) is 12.1. The normalized spacial score (nSPS) is 10.2. The van der Waals surface area contributed by atoms with E-state index in [1.54, 1.807) is 17.3 Å². The van der Waals surface area contributed by atoms with E-state index in [1.165, 1.54) is 11.3 Å². The molecule has 0 aliphatic heterocycles. The Kier molecular flexibility index (Phi) is 3.81. The van der Waals surface area contributed by atoms with Gasteiger partial charge in [0, 0.05) is 10.6 Å². The van der Waals surface area contributed by atoms with Crippen LogP contribution in [0.5, 0.6) is 0 Å². The summed E-state index contributed by atoms with van der Waals surface area (Å²) in [6.45, 7) is 1.84. The first-order chi connectivity index (χ1) is 8.20. The van der Waals surface area contributed by atoms with Crippen molar-refractivity contribution in [1.29, 1.82) is 0 Å². The lowest BCUT2D eigenvalue weighted by Crippen LogP contribution is -2.11. The van der Waals surface area contributed by atoms with Crippen LogP contribution in [0.1, 0.15) is 15.4 Å². The molecule has 1 amide bonds. The Balaban J connectivity index is 2.16. The summed E-state index contributed by atoms with van der Waals surface area (Å²) in [4.78, 5) is 17.8. The number of carbonyl (C=O) groups is 1. The highest BCUT2D eigenvalue weighted by Gasteiger charge is 2.11. The number of aromatic nitrogens is 1. The average Bonchev–Trinajstić information content (AvgIpc) is 2.76. The van der Waals surface area contributed by atoms with Crippen LogP contribution < -0.4 is 5.32 Å². The number of carbonyl (C=O) groups excluding carboxylic acids is 1. The van der Waals surface area contributed by atoms with Crippen molar-refractivity contribution in [3.63, 3.8) is 0 Å². The number of amides is 1. The van der Waals surface area contributed by atoms with E-state index < -0.39 is 0 Å². The summed E-state index contributed by atoms with van der Waals surface area (Å²) < 4.78 is 0. The second kappa shape index (κ2) is 5.33. The summed E-state index contributed by atoms with van der Waals surface area (Å²) in [5.74, 6) is -0.0942. The topological polar surface area (TPSA) is 42.0 Å². The molecule has 2 aromatic rings. The molecule has 0 saturated heterocycles. The van der Waals surface area contributed by atoms with E-state index in [9.17, 15) is 4.79 Å². The van der Waals surface area contributed by atoms with Crippen LogP contribution in [0.4, 0.5) is 5.69 Å². The van der Waals surface area contributed by atoms with Crippen molar-refractivity contribution in [2.24, 2.45) is 0 Å². The molecule has 0 spiro atoms. The molecule has 2 rings (SSSR count). The summed E-state index contributed by atoms with van der Waals surface area (Å²) in [5.41, 5.74) is 3.27. The monoisotopic (exact) mass is 264 g/mol. The standard InChI is InChI=1S/C12H12N2OS2/c1-8-11(17-7-13-8)12(15)14-9-4-3-5-10(6-9)16-2/h3-7H,1-2H3,(H,14,15). The van der Waals surface area contributed by atoms with Crippen molar-refractivity contribution in [1.82, 2.24) is 4.98 Å². The van der Waals surface area contributed by atoms with Gasteiger partial charge in [-0.1, -0.05) is 6.07 Å². The fourth-order valence-corrected chi connectivity index (χ4v) is 2.57. The highest BCUT2D eigenvalue weighted by atomic mass is 32.2. The molecule has 0 atom stereocenters. The molecule has 0 radical (unpaired) electrons. The fraction of sp³-hybridized carbons (Fsp3) is 0.167. The molecule has 1 heterocycles. The van der Waals surface area contributed by atoms with Crippen molar-refractivity contribution < 1.29 is 4.79 Å². The van der Waals surface area contributed by atoms with Crippen molar-refractivity contribution in [3.05, 3.63) is 40.3 Å². The van der Waals surface area contributed by atoms with Gasteiger partial charge >= 0.3 is 0 Å². The van der Waals surface area contributed by atoms with Crippen molar-refractivity contribution in [3.8, 4) is 0 Å². The van der Waals surface area contributed by atoms with E-state index in [4.69, 9.17) is 0 Å². The molecule has 5 heteroatoms. The van der Waals surface area contributed by atoms with E-state index in [-0.39, 0.29) is 5.91 Å². The molecule has 3 nitrogen and oxygen atoms in total. The molecule has 0 fully saturated rings. The fourth-order valence-electron chi connectivity index (χ4n) is 1.41. The molecule has 0 saturated carbocycles. The Hall–Kier alpha value is -1.33. The third-order valence-electron chi connectivity index (χ3n) is 2.28. The van der Waals surface area contributed by atoms with Crippen LogP contribution in [-0.4, -0.2) is 17.1 Å². The van der Waals surface area contributed by atoms with Gasteiger partial charge in [-0.25, -0.2) is 4.98 Å². The summed E-state index contributed by atoms with van der Waals surface area (Å²) in [7, 11) is 0. The van der Waals surface area contributed by atoms with Gasteiger partial charge in [-0.15, -0.1) is 23.1 Å². The highest BCUT2D eigenvalue weighted by molar-refractivity contribution is 7.98. The van der Waals surface area contributed by atoms with Crippen LogP contribution >= 0.6 is 23.1 Å². The molecule has 88 valence electrons. The molecule has 0 unspecified atom stereocenters. The van der Waals surface area contributed by atoms with Crippen LogP contribution in [0.2, 0.25) is 0 Å². The van der Waals surface area contributed by atoms with Gasteiger partial charge in [0.1, 0.15) is 4.88 Å². The average molecular weight is 264 g/mol. The predicted octanol–water partition coefficient (Wildman–Crippen LogP) is 3.43. The number of thiazole rings is 1. The lowest BCUT2D eigenvalue weighted by molar-refractivity contribution is 0.103. The summed E-state index contributed by atoms with van der Waals surface area (Å²) >= 11 is 3.01. The van der Waals surface area contributed by atoms with Gasteiger partial charge in [0.2, 0.25) is 0 Å². The molecular weight excluding hydrogens is 252 g/mol. The number of thioether (sulfide) groups is 1. The maximum Gasteiger partial charge on any atom is 0.267 e. The van der Waals surface area contributed by atoms with E-state index in [0.29, 0.717) is 4.88 Å². The first-order valence-electron chi connectivity index (χ1n) is 5.06. The third-order valence-corrected chi connectivity index (χ3v) is 3.93.